The van der Waals surface area contributed by atoms with Gasteiger partial charge < -0.3 is 15.4 Å². The van der Waals surface area contributed by atoms with Gasteiger partial charge in [0.15, 0.2) is 5.96 Å². The van der Waals surface area contributed by atoms with Crippen molar-refractivity contribution in [2.45, 2.75) is 36.7 Å². The summed E-state index contributed by atoms with van der Waals surface area (Å²) >= 11 is 1.87. The van der Waals surface area contributed by atoms with Crippen molar-refractivity contribution in [3.63, 3.8) is 0 Å². The second-order valence-corrected chi connectivity index (χ2v) is 6.85. The van der Waals surface area contributed by atoms with Crippen molar-refractivity contribution in [1.82, 2.24) is 15.6 Å². The van der Waals surface area contributed by atoms with Gasteiger partial charge in [-0.25, -0.2) is 4.98 Å². The molecule has 1 aromatic heterocycles. The lowest BCUT2D eigenvalue weighted by atomic mass is 10.2. The van der Waals surface area contributed by atoms with Gasteiger partial charge in [0.05, 0.1) is 6.54 Å². The number of ether oxygens (including phenoxy) is 1. The van der Waals surface area contributed by atoms with Gasteiger partial charge in [0, 0.05) is 24.5 Å². The lowest BCUT2D eigenvalue weighted by molar-refractivity contribution is -0.139. The van der Waals surface area contributed by atoms with Gasteiger partial charge in [-0.2, -0.15) is 24.9 Å². The first kappa shape index (κ1) is 23.1. The molecule has 2 unspecified atom stereocenters. The highest BCUT2D eigenvalue weighted by atomic mass is 127. The minimum Gasteiger partial charge on any atom is -0.475 e. The summed E-state index contributed by atoms with van der Waals surface area (Å²) in [6, 6.07) is 2.57. The van der Waals surface area contributed by atoms with Gasteiger partial charge >= 0.3 is 6.18 Å². The van der Waals surface area contributed by atoms with Gasteiger partial charge in [0.25, 0.3) is 0 Å². The molecular weight excluding hydrogens is 480 g/mol. The minimum absolute atomic E-state index is 0. The van der Waals surface area contributed by atoms with E-state index in [1.54, 1.807) is 7.05 Å². The van der Waals surface area contributed by atoms with Crippen molar-refractivity contribution in [2.75, 3.05) is 26.5 Å². The summed E-state index contributed by atoms with van der Waals surface area (Å²) in [4.78, 5) is 7.80. The van der Waals surface area contributed by atoms with E-state index in [0.717, 1.165) is 18.9 Å². The molecule has 1 heterocycles. The molecule has 2 atom stereocenters. The number of rotatable bonds is 6. The third-order valence-corrected chi connectivity index (χ3v) is 5.09. The lowest BCUT2D eigenvalue weighted by Crippen LogP contribution is -2.43. The minimum atomic E-state index is -4.48. The summed E-state index contributed by atoms with van der Waals surface area (Å²) in [6.07, 6.45) is 2.27. The molecule has 2 N–H and O–H groups in total. The molecule has 0 aliphatic heterocycles. The van der Waals surface area contributed by atoms with E-state index in [1.807, 2.05) is 11.8 Å². The summed E-state index contributed by atoms with van der Waals surface area (Å²) in [5, 5.41) is 7.06. The predicted molar refractivity (Wildman–Crippen MR) is 110 cm³/mol. The highest BCUT2D eigenvalue weighted by Gasteiger charge is 2.35. The quantitative estimate of drug-likeness (QED) is 0.269. The predicted octanol–water partition coefficient (Wildman–Crippen LogP) is 3.55. The molecule has 1 aliphatic carbocycles. The molecule has 1 aliphatic rings. The van der Waals surface area contributed by atoms with Gasteiger partial charge in [-0.05, 0) is 37.7 Å². The Balaban J connectivity index is 0.00000338. The van der Waals surface area contributed by atoms with Crippen LogP contribution < -0.4 is 15.4 Å². The monoisotopic (exact) mass is 504 g/mol. The van der Waals surface area contributed by atoms with E-state index in [4.69, 9.17) is 4.74 Å². The zero-order chi connectivity index (χ0) is 18.3. The second kappa shape index (κ2) is 11.1. The SMILES string of the molecule is CN=C(NCCOc1ncccc1C(F)(F)F)NC1CCC(SC)C1.I. The van der Waals surface area contributed by atoms with E-state index >= 15 is 0 Å². The fourth-order valence-electron chi connectivity index (χ4n) is 2.71. The molecule has 10 heteroatoms. The molecule has 0 amide bonds. The number of alkyl halides is 3. The zero-order valence-corrected chi connectivity index (χ0v) is 17.8. The van der Waals surface area contributed by atoms with E-state index in [2.05, 4.69) is 26.9 Å². The number of nitrogens with one attached hydrogen (secondary N) is 2. The van der Waals surface area contributed by atoms with E-state index < -0.39 is 17.6 Å². The summed E-state index contributed by atoms with van der Waals surface area (Å²) < 4.78 is 43.8. The Morgan fingerprint density at radius 3 is 2.81 bits per heavy atom. The van der Waals surface area contributed by atoms with Crippen LogP contribution in [0.15, 0.2) is 23.3 Å². The Labute approximate surface area is 173 Å². The van der Waals surface area contributed by atoms with Crippen LogP contribution in [0.1, 0.15) is 24.8 Å². The Bertz CT molecular complexity index is 589. The topological polar surface area (TPSA) is 58.5 Å². The Morgan fingerprint density at radius 2 is 2.19 bits per heavy atom. The fraction of sp³-hybridized carbons (Fsp3) is 0.625. The Kier molecular flexibility index (Phi) is 9.83. The molecule has 0 bridgehead atoms. The van der Waals surface area contributed by atoms with E-state index in [-0.39, 0.29) is 30.6 Å². The molecule has 148 valence electrons. The van der Waals surface area contributed by atoms with Gasteiger partial charge in [0.2, 0.25) is 5.88 Å². The maximum atomic E-state index is 12.9. The Hall–Kier alpha value is -0.910. The largest absolute Gasteiger partial charge is 0.475 e. The summed E-state index contributed by atoms with van der Waals surface area (Å²) in [7, 11) is 1.66. The maximum Gasteiger partial charge on any atom is 0.421 e. The molecule has 1 fully saturated rings. The first-order chi connectivity index (χ1) is 11.9. The summed E-state index contributed by atoms with van der Waals surface area (Å²) in [5.74, 6) is 0.228. The van der Waals surface area contributed by atoms with Crippen molar-refractivity contribution in [3.05, 3.63) is 23.9 Å². The molecule has 0 aromatic carbocycles. The van der Waals surface area contributed by atoms with Crippen LogP contribution in [0, 0.1) is 0 Å². The fourth-order valence-corrected chi connectivity index (χ4v) is 3.51. The van der Waals surface area contributed by atoms with Gasteiger partial charge in [0.1, 0.15) is 12.2 Å². The maximum absolute atomic E-state index is 12.9. The van der Waals surface area contributed by atoms with Crippen LogP contribution in [0.3, 0.4) is 0 Å². The summed E-state index contributed by atoms with van der Waals surface area (Å²) in [5.41, 5.74) is -0.869. The molecule has 2 rings (SSSR count). The van der Waals surface area contributed by atoms with Crippen LogP contribution in [-0.4, -0.2) is 48.7 Å². The van der Waals surface area contributed by atoms with Crippen molar-refractivity contribution in [3.8, 4) is 5.88 Å². The number of thioether (sulfide) groups is 1. The number of hydrogen-bond acceptors (Lipinski definition) is 4. The Morgan fingerprint density at radius 1 is 1.42 bits per heavy atom. The third-order valence-electron chi connectivity index (χ3n) is 3.99. The smallest absolute Gasteiger partial charge is 0.421 e. The molecular formula is C16H24F3IN4OS. The molecule has 26 heavy (non-hydrogen) atoms. The molecule has 0 saturated heterocycles. The zero-order valence-electron chi connectivity index (χ0n) is 14.7. The van der Waals surface area contributed by atoms with Crippen LogP contribution in [0.4, 0.5) is 13.2 Å². The van der Waals surface area contributed by atoms with Crippen LogP contribution in [0.25, 0.3) is 0 Å². The van der Waals surface area contributed by atoms with E-state index in [0.29, 0.717) is 23.8 Å². The van der Waals surface area contributed by atoms with Crippen LogP contribution in [0.5, 0.6) is 5.88 Å². The van der Waals surface area contributed by atoms with Gasteiger partial charge in [-0.1, -0.05) is 0 Å². The molecule has 1 aromatic rings. The number of aliphatic imine (C=N–C) groups is 1. The normalized spacial score (nSPS) is 20.4. The standard InChI is InChI=1S/C16H23F3N4OS.HI/c1-20-15(23-11-5-6-12(10-11)25-2)22-8-9-24-14-13(16(17,18)19)4-3-7-21-14;/h3-4,7,11-12H,5-6,8-10H2,1-2H3,(H2,20,22,23);1H. The molecule has 1 saturated carbocycles. The summed E-state index contributed by atoms with van der Waals surface area (Å²) in [6.45, 7) is 0.380. The van der Waals surface area contributed by atoms with Gasteiger partial charge in [-0.3, -0.25) is 4.99 Å². The first-order valence-corrected chi connectivity index (χ1v) is 9.37. The molecule has 0 spiro atoms. The van der Waals surface area contributed by atoms with Crippen LogP contribution >= 0.6 is 35.7 Å². The second-order valence-electron chi connectivity index (χ2n) is 5.71. The average Bonchev–Trinajstić information content (AvgIpc) is 3.04. The van der Waals surface area contributed by atoms with Crippen molar-refractivity contribution in [1.29, 1.82) is 0 Å². The molecule has 0 radical (unpaired) electrons. The lowest BCUT2D eigenvalue weighted by Gasteiger charge is -2.18. The number of hydrogen-bond donors (Lipinski definition) is 2. The number of aromatic nitrogens is 1. The van der Waals surface area contributed by atoms with E-state index in [9.17, 15) is 13.2 Å². The number of nitrogens with zero attached hydrogens (tertiary/aromatic N) is 2. The van der Waals surface area contributed by atoms with Crippen molar-refractivity contribution >= 4 is 41.7 Å². The third kappa shape index (κ3) is 7.01. The van der Waals surface area contributed by atoms with Crippen molar-refractivity contribution in [2.24, 2.45) is 4.99 Å². The average molecular weight is 504 g/mol. The van der Waals surface area contributed by atoms with Crippen LogP contribution in [-0.2, 0) is 6.18 Å². The number of pyridine rings is 1. The first-order valence-electron chi connectivity index (χ1n) is 8.09. The number of halogens is 4. The number of guanidine groups is 1. The van der Waals surface area contributed by atoms with Crippen molar-refractivity contribution < 1.29 is 17.9 Å². The highest BCUT2D eigenvalue weighted by Crippen LogP contribution is 2.34. The van der Waals surface area contributed by atoms with E-state index in [1.165, 1.54) is 18.7 Å². The highest BCUT2D eigenvalue weighted by molar-refractivity contribution is 14.0. The molecule has 5 nitrogen and oxygen atoms in total. The van der Waals surface area contributed by atoms with Gasteiger partial charge in [-0.15, -0.1) is 24.0 Å². The van der Waals surface area contributed by atoms with Crippen LogP contribution in [0.2, 0.25) is 0 Å².